The Hall–Kier alpha value is -0.580. The van der Waals surface area contributed by atoms with Crippen LogP contribution in [0.2, 0.25) is 0 Å². The molecular formula is C20H39ClN3S+. The molecule has 0 saturated carbocycles. The third-order valence-corrected chi connectivity index (χ3v) is 6.77. The van der Waals surface area contributed by atoms with Crippen molar-refractivity contribution in [3.63, 3.8) is 0 Å². The fourth-order valence-electron chi connectivity index (χ4n) is 3.49. The molecule has 0 radical (unpaired) electrons. The van der Waals surface area contributed by atoms with Crippen molar-refractivity contribution in [2.75, 3.05) is 75.3 Å². The van der Waals surface area contributed by atoms with E-state index >= 15 is 0 Å². The maximum atomic E-state index is 5.95. The number of quaternary nitrogens is 1. The van der Waals surface area contributed by atoms with Gasteiger partial charge in [0, 0.05) is 37.1 Å². The molecule has 146 valence electrons. The molecule has 1 heterocycles. The lowest BCUT2D eigenvalue weighted by molar-refractivity contribution is -0.912. The number of hydrogen-bond acceptors (Lipinski definition) is 2. The second-order valence-electron chi connectivity index (χ2n) is 8.58. The lowest BCUT2D eigenvalue weighted by Gasteiger charge is -2.37. The monoisotopic (exact) mass is 388 g/mol. The zero-order valence-electron chi connectivity index (χ0n) is 17.3. The summed E-state index contributed by atoms with van der Waals surface area (Å²) in [5, 5.41) is 0. The van der Waals surface area contributed by atoms with Crippen LogP contribution in [0.4, 0.5) is 11.4 Å². The van der Waals surface area contributed by atoms with Crippen LogP contribution in [-0.4, -0.2) is 75.2 Å². The summed E-state index contributed by atoms with van der Waals surface area (Å²) in [5.41, 5.74) is 9.37. The third kappa shape index (κ3) is 6.92. The number of benzene rings is 1. The van der Waals surface area contributed by atoms with Crippen LogP contribution in [0.3, 0.4) is 0 Å². The molecule has 0 amide bonds. The Morgan fingerprint density at radius 3 is 2.44 bits per heavy atom. The number of rotatable bonds is 6. The van der Waals surface area contributed by atoms with Crippen molar-refractivity contribution in [3.05, 3.63) is 23.8 Å². The first-order valence-electron chi connectivity index (χ1n) is 9.06. The minimum Gasteiger partial charge on any atom is -0.399 e. The summed E-state index contributed by atoms with van der Waals surface area (Å²) in [7, 11) is 4.47. The Balaban J connectivity index is 0.00000151. The fraction of sp³-hybridized carbons (Fsp3) is 0.700. The Kier molecular flexibility index (Phi) is 8.43. The van der Waals surface area contributed by atoms with Gasteiger partial charge >= 0.3 is 0 Å². The van der Waals surface area contributed by atoms with E-state index in [4.69, 9.17) is 5.73 Å². The summed E-state index contributed by atoms with van der Waals surface area (Å²) in [5.74, 6) is 1.39. The van der Waals surface area contributed by atoms with Crippen molar-refractivity contribution in [2.45, 2.75) is 25.8 Å². The van der Waals surface area contributed by atoms with Gasteiger partial charge in [-0.15, -0.1) is 11.6 Å². The molecule has 3 nitrogen and oxygen atoms in total. The highest BCUT2D eigenvalue weighted by Crippen LogP contribution is 2.35. The maximum absolute atomic E-state index is 5.95. The number of likely N-dealkylation sites (N-methyl/N-ethyl adjacent to an activating group) is 1. The van der Waals surface area contributed by atoms with Crippen molar-refractivity contribution >= 4 is 33.0 Å². The van der Waals surface area contributed by atoms with Gasteiger partial charge in [-0.2, -0.15) is 0 Å². The van der Waals surface area contributed by atoms with E-state index in [-0.39, 0.29) is 10.0 Å². The topological polar surface area (TPSA) is 29.3 Å². The molecule has 1 saturated heterocycles. The number of nitrogens with two attached hydrogens (primary N) is 1. The van der Waals surface area contributed by atoms with E-state index in [1.807, 2.05) is 6.07 Å². The Morgan fingerprint density at radius 1 is 1.24 bits per heavy atom. The first-order valence-corrected chi connectivity index (χ1v) is 12.8. The standard InChI is InChI=1S/C19H36N3S.CH3Cl/c1-16-14-17(8-9-19(16)20)21-11-10-18(15-21)22(2,3)12-7-13-23(4,5)6;1-2/h8-9,14,18H,7,10-13,15,20H2,1-6H3;1H3/q+1;. The molecule has 1 aliphatic heterocycles. The summed E-state index contributed by atoms with van der Waals surface area (Å²) in [6.45, 7) is 5.73. The van der Waals surface area contributed by atoms with Crippen molar-refractivity contribution in [3.8, 4) is 0 Å². The molecule has 0 bridgehead atoms. The first kappa shape index (κ1) is 22.5. The first-order chi connectivity index (χ1) is 11.6. The molecule has 25 heavy (non-hydrogen) atoms. The highest BCUT2D eigenvalue weighted by molar-refractivity contribution is 8.32. The molecule has 0 aromatic heterocycles. The summed E-state index contributed by atoms with van der Waals surface area (Å²) >= 11 is 4.64. The average molecular weight is 389 g/mol. The lowest BCUT2D eigenvalue weighted by Crippen LogP contribution is -2.51. The number of anilines is 2. The number of hydrogen-bond donors (Lipinski definition) is 1. The van der Waals surface area contributed by atoms with Gasteiger partial charge in [0.1, 0.15) is 6.04 Å². The van der Waals surface area contributed by atoms with Gasteiger partial charge in [0.15, 0.2) is 0 Å². The Labute approximate surface area is 162 Å². The molecule has 0 spiro atoms. The molecule has 1 aromatic carbocycles. The second kappa shape index (κ2) is 9.38. The summed E-state index contributed by atoms with van der Waals surface area (Å²) < 4.78 is 1.15. The quantitative estimate of drug-likeness (QED) is 0.450. The van der Waals surface area contributed by atoms with E-state index in [2.05, 4.69) is 68.4 Å². The highest BCUT2D eigenvalue weighted by atomic mass is 35.5. The molecule has 2 rings (SSSR count). The van der Waals surface area contributed by atoms with Gasteiger partial charge in [0.2, 0.25) is 0 Å². The largest absolute Gasteiger partial charge is 0.399 e. The molecule has 0 aliphatic carbocycles. The number of nitrogen functional groups attached to an aromatic ring is 1. The van der Waals surface area contributed by atoms with Crippen LogP contribution < -0.4 is 10.6 Å². The van der Waals surface area contributed by atoms with Gasteiger partial charge < -0.3 is 15.1 Å². The fourth-order valence-corrected chi connectivity index (χ4v) is 4.49. The normalized spacial score (nSPS) is 18.7. The number of nitrogens with zero attached hydrogens (tertiary/aromatic N) is 2. The molecule has 1 atom stereocenters. The Bertz CT molecular complexity index is 540. The second-order valence-corrected chi connectivity index (χ2v) is 13.2. The van der Waals surface area contributed by atoms with E-state index in [0.717, 1.165) is 16.2 Å². The van der Waals surface area contributed by atoms with Crippen molar-refractivity contribution in [2.24, 2.45) is 0 Å². The molecule has 2 N–H and O–H groups in total. The Morgan fingerprint density at radius 2 is 1.88 bits per heavy atom. The van der Waals surface area contributed by atoms with Crippen LogP contribution >= 0.6 is 21.6 Å². The summed E-state index contributed by atoms with van der Waals surface area (Å²) in [4.78, 5) is 2.53. The average Bonchev–Trinajstić information content (AvgIpc) is 3.01. The van der Waals surface area contributed by atoms with Gasteiger partial charge in [-0.25, -0.2) is 10.0 Å². The van der Waals surface area contributed by atoms with E-state index in [0.29, 0.717) is 0 Å². The van der Waals surface area contributed by atoms with Gasteiger partial charge in [-0.1, -0.05) is 0 Å². The predicted molar refractivity (Wildman–Crippen MR) is 120 cm³/mol. The van der Waals surface area contributed by atoms with Crippen LogP contribution in [0.1, 0.15) is 18.4 Å². The lowest BCUT2D eigenvalue weighted by atomic mass is 10.1. The smallest absolute Gasteiger partial charge is 0.108 e. The third-order valence-electron chi connectivity index (χ3n) is 5.26. The van der Waals surface area contributed by atoms with Gasteiger partial charge in [0.25, 0.3) is 0 Å². The van der Waals surface area contributed by atoms with Gasteiger partial charge in [-0.3, -0.25) is 0 Å². The van der Waals surface area contributed by atoms with Gasteiger partial charge in [0.05, 0.1) is 27.2 Å². The molecule has 1 aliphatic rings. The molecule has 5 heteroatoms. The van der Waals surface area contributed by atoms with Crippen molar-refractivity contribution in [1.29, 1.82) is 0 Å². The van der Waals surface area contributed by atoms with Crippen molar-refractivity contribution < 1.29 is 4.48 Å². The van der Waals surface area contributed by atoms with Crippen LogP contribution in [0, 0.1) is 6.92 Å². The van der Waals surface area contributed by atoms with Crippen LogP contribution in [0.15, 0.2) is 18.2 Å². The number of halogens is 1. The van der Waals surface area contributed by atoms with Crippen LogP contribution in [-0.2, 0) is 0 Å². The summed E-state index contributed by atoms with van der Waals surface area (Å²) in [6, 6.07) is 7.20. The summed E-state index contributed by atoms with van der Waals surface area (Å²) in [6.07, 6.45) is 11.4. The van der Waals surface area contributed by atoms with Gasteiger partial charge in [-0.05, 0) is 55.2 Å². The number of alkyl halides is 1. The maximum Gasteiger partial charge on any atom is 0.108 e. The molecule has 1 fully saturated rings. The molecule has 1 aromatic rings. The minimum atomic E-state index is -0.365. The van der Waals surface area contributed by atoms with E-state index in [9.17, 15) is 0 Å². The molecular weight excluding hydrogens is 350 g/mol. The predicted octanol–water partition coefficient (Wildman–Crippen LogP) is 4.17. The molecule has 1 unspecified atom stereocenters. The van der Waals surface area contributed by atoms with Crippen LogP contribution in [0.5, 0.6) is 0 Å². The van der Waals surface area contributed by atoms with E-state index < -0.39 is 0 Å². The van der Waals surface area contributed by atoms with Crippen LogP contribution in [0.25, 0.3) is 0 Å². The minimum absolute atomic E-state index is 0.365. The van der Waals surface area contributed by atoms with Crippen molar-refractivity contribution in [1.82, 2.24) is 0 Å². The van der Waals surface area contributed by atoms with E-state index in [1.165, 1.54) is 55.9 Å². The highest BCUT2D eigenvalue weighted by Gasteiger charge is 2.35. The zero-order valence-corrected chi connectivity index (χ0v) is 18.9. The van der Waals surface area contributed by atoms with E-state index in [1.54, 1.807) is 0 Å². The number of aryl methyl sites for hydroxylation is 1. The SMILES string of the molecule is CCl.Cc1cc(N2CCC([N+](C)(C)CCCS(C)(C)C)C2)ccc1N. The zero-order chi connectivity index (χ0) is 19.3.